The molecule has 5 heteroatoms. The van der Waals surface area contributed by atoms with Crippen LogP contribution in [0.5, 0.6) is 0 Å². The van der Waals surface area contributed by atoms with Crippen molar-refractivity contribution >= 4 is 18.1 Å². The van der Waals surface area contributed by atoms with Gasteiger partial charge in [-0.3, -0.25) is 10.5 Å². The summed E-state index contributed by atoms with van der Waals surface area (Å²) in [7, 11) is 0. The molecule has 5 nitrogen and oxygen atoms in total. The van der Waals surface area contributed by atoms with Crippen LogP contribution in [0, 0.1) is 0 Å². The van der Waals surface area contributed by atoms with Crippen LogP contribution in [0.25, 0.3) is 0 Å². The molecule has 0 radical (unpaired) electrons. The first-order chi connectivity index (χ1) is 10.8. The van der Waals surface area contributed by atoms with Crippen molar-refractivity contribution in [1.82, 2.24) is 5.32 Å². The van der Waals surface area contributed by atoms with Crippen LogP contribution < -0.4 is 11.1 Å². The Hall–Kier alpha value is -2.95. The highest BCUT2D eigenvalue weighted by Gasteiger charge is 2.26. The minimum Gasteiger partial charge on any atom is -0.289 e. The second kappa shape index (κ2) is 6.22. The Bertz CT molecular complexity index is 723. The molecule has 2 aromatic rings. The topological polar surface area (TPSA) is 70.5 Å². The van der Waals surface area contributed by atoms with Gasteiger partial charge in [-0.05, 0) is 17.7 Å². The largest absolute Gasteiger partial charge is 0.375 e. The Morgan fingerprint density at radius 1 is 1.09 bits per heavy atom. The third-order valence-electron chi connectivity index (χ3n) is 3.54. The number of carbonyl (C=O) groups excluding carboxylic acids is 1. The summed E-state index contributed by atoms with van der Waals surface area (Å²) in [6, 6.07) is 18.9. The van der Waals surface area contributed by atoms with Gasteiger partial charge in [0.15, 0.2) is 0 Å². The Balaban J connectivity index is 1.82. The summed E-state index contributed by atoms with van der Waals surface area (Å²) < 4.78 is 1.65. The fourth-order valence-electron chi connectivity index (χ4n) is 2.43. The average molecular weight is 293 g/mol. The zero-order valence-electron chi connectivity index (χ0n) is 12.0. The van der Waals surface area contributed by atoms with E-state index in [1.807, 2.05) is 48.5 Å². The Morgan fingerprint density at radius 2 is 1.73 bits per heavy atom. The van der Waals surface area contributed by atoms with E-state index in [1.54, 1.807) is 23.0 Å². The van der Waals surface area contributed by atoms with Gasteiger partial charge in [0, 0.05) is 12.6 Å². The number of hydrogen-bond donors (Lipinski definition) is 2. The normalized spacial score (nSPS) is 19.0. The second-order valence-electron chi connectivity index (χ2n) is 5.01. The molecule has 1 amide bonds. The molecule has 1 aliphatic heterocycles. The van der Waals surface area contributed by atoms with E-state index in [4.69, 9.17) is 5.73 Å². The first-order valence-corrected chi connectivity index (χ1v) is 7.11. The lowest BCUT2D eigenvalue weighted by atomic mass is 10.1. The molecule has 0 aliphatic carbocycles. The van der Waals surface area contributed by atoms with Gasteiger partial charge in [-0.25, -0.2) is 5.32 Å². The fraction of sp³-hybridized carbons (Fsp3) is 0.118. The molecular weight excluding hydrogens is 276 g/mol. The van der Waals surface area contributed by atoms with Crippen molar-refractivity contribution in [2.45, 2.75) is 12.5 Å². The summed E-state index contributed by atoms with van der Waals surface area (Å²) >= 11 is 0. The second-order valence-corrected chi connectivity index (χ2v) is 5.01. The minimum absolute atomic E-state index is 0.0114. The molecule has 0 saturated carbocycles. The van der Waals surface area contributed by atoms with Gasteiger partial charge in [-0.15, -0.1) is 9.79 Å². The number of carbonyl (C=O) groups is 1. The van der Waals surface area contributed by atoms with Crippen LogP contribution >= 0.6 is 0 Å². The molecule has 110 valence electrons. The molecule has 3 N–H and O–H groups in total. The average Bonchev–Trinajstić information content (AvgIpc) is 3.06. The van der Waals surface area contributed by atoms with Crippen LogP contribution in [0.15, 0.2) is 65.8 Å². The molecule has 0 saturated heterocycles. The highest BCUT2D eigenvalue weighted by atomic mass is 16.1. The SMILES string of the molecule is NC(NC(=O)c1ccccc1)=[N+]1N=CC[C@@H]1c1ccccc1. The van der Waals surface area contributed by atoms with Gasteiger partial charge >= 0.3 is 11.9 Å². The van der Waals surface area contributed by atoms with E-state index in [1.165, 1.54) is 0 Å². The molecule has 2 aromatic carbocycles. The summed E-state index contributed by atoms with van der Waals surface area (Å²) in [6.07, 6.45) is 2.56. The molecule has 0 unspecified atom stereocenters. The van der Waals surface area contributed by atoms with Gasteiger partial charge in [0.1, 0.15) is 6.04 Å². The van der Waals surface area contributed by atoms with Crippen LogP contribution in [-0.4, -0.2) is 22.8 Å². The van der Waals surface area contributed by atoms with Gasteiger partial charge in [0.05, 0.1) is 5.56 Å². The number of guanidine groups is 1. The maximum absolute atomic E-state index is 12.2. The number of rotatable bonds is 2. The highest BCUT2D eigenvalue weighted by Crippen LogP contribution is 2.23. The molecular formula is C17H17N4O+. The van der Waals surface area contributed by atoms with Crippen LogP contribution in [0.4, 0.5) is 0 Å². The lowest BCUT2D eigenvalue weighted by molar-refractivity contribution is -0.569. The van der Waals surface area contributed by atoms with Crippen LogP contribution in [0.1, 0.15) is 28.4 Å². The van der Waals surface area contributed by atoms with Crippen molar-refractivity contribution in [3.05, 3.63) is 71.8 Å². The third-order valence-corrected chi connectivity index (χ3v) is 3.54. The number of nitrogens with one attached hydrogen (secondary N) is 1. The summed E-state index contributed by atoms with van der Waals surface area (Å²) in [4.78, 5) is 12.2. The van der Waals surface area contributed by atoms with E-state index < -0.39 is 0 Å². The molecule has 1 aliphatic rings. The molecule has 0 aromatic heterocycles. The molecule has 22 heavy (non-hydrogen) atoms. The molecule has 0 bridgehead atoms. The first kappa shape index (κ1) is 14.0. The summed E-state index contributed by atoms with van der Waals surface area (Å²) in [6.45, 7) is 0. The van der Waals surface area contributed by atoms with Crippen LogP contribution in [-0.2, 0) is 0 Å². The van der Waals surface area contributed by atoms with Crippen molar-refractivity contribution in [1.29, 1.82) is 0 Å². The number of nitrogens with two attached hydrogens (primary N) is 1. The quantitative estimate of drug-likeness (QED) is 0.655. The summed E-state index contributed by atoms with van der Waals surface area (Å²) in [5, 5.41) is 6.98. The van der Waals surface area contributed by atoms with Crippen molar-refractivity contribution in [2.24, 2.45) is 10.8 Å². The monoisotopic (exact) mass is 293 g/mol. The zero-order chi connectivity index (χ0) is 15.4. The van der Waals surface area contributed by atoms with Gasteiger partial charge in [0.2, 0.25) is 0 Å². The zero-order valence-corrected chi connectivity index (χ0v) is 12.0. The predicted octanol–water partition coefficient (Wildman–Crippen LogP) is 1.87. The summed E-state index contributed by atoms with van der Waals surface area (Å²) in [5.74, 6) is -0.0107. The third kappa shape index (κ3) is 2.88. The molecule has 0 spiro atoms. The Kier molecular flexibility index (Phi) is 3.96. The first-order valence-electron chi connectivity index (χ1n) is 7.11. The maximum Gasteiger partial charge on any atom is 0.375 e. The van der Waals surface area contributed by atoms with Crippen molar-refractivity contribution < 1.29 is 9.48 Å². The van der Waals surface area contributed by atoms with E-state index in [9.17, 15) is 4.79 Å². The molecule has 0 fully saturated rings. The number of hydrazone groups is 1. The fourth-order valence-corrected chi connectivity index (χ4v) is 2.43. The van der Waals surface area contributed by atoms with Gasteiger partial charge in [0.25, 0.3) is 0 Å². The number of amides is 1. The Morgan fingerprint density at radius 3 is 2.41 bits per heavy atom. The smallest absolute Gasteiger partial charge is 0.289 e. The van der Waals surface area contributed by atoms with Gasteiger partial charge in [-0.1, -0.05) is 48.5 Å². The lowest BCUT2D eigenvalue weighted by Crippen LogP contribution is -2.42. The van der Waals surface area contributed by atoms with Gasteiger partial charge in [-0.2, -0.15) is 0 Å². The van der Waals surface area contributed by atoms with E-state index >= 15 is 0 Å². The number of hydrogen-bond acceptors (Lipinski definition) is 2. The van der Waals surface area contributed by atoms with Crippen molar-refractivity contribution in [2.75, 3.05) is 0 Å². The van der Waals surface area contributed by atoms with Crippen molar-refractivity contribution in [3.8, 4) is 0 Å². The molecule has 3 rings (SSSR count). The standard InChI is InChI=1S/C17H16N4O/c18-17(20-16(22)14-9-5-2-6-10-14)21-15(11-12-19-21)13-7-3-1-4-8-13/h1-10,12,15H,11H2,(H2,18,20,22)/p+1/t15-/m1/s1. The summed E-state index contributed by atoms with van der Waals surface area (Å²) in [5.41, 5.74) is 7.71. The van der Waals surface area contributed by atoms with Crippen molar-refractivity contribution in [3.63, 3.8) is 0 Å². The van der Waals surface area contributed by atoms with Crippen LogP contribution in [0.3, 0.4) is 0 Å². The highest BCUT2D eigenvalue weighted by molar-refractivity contribution is 6.04. The number of nitrogens with zero attached hydrogens (tertiary/aromatic N) is 2. The molecule has 1 heterocycles. The van der Waals surface area contributed by atoms with E-state index in [0.29, 0.717) is 5.56 Å². The minimum atomic E-state index is -0.244. The van der Waals surface area contributed by atoms with E-state index in [0.717, 1.165) is 12.0 Å². The van der Waals surface area contributed by atoms with E-state index in [-0.39, 0.29) is 17.9 Å². The van der Waals surface area contributed by atoms with Gasteiger partial charge < -0.3 is 0 Å². The maximum atomic E-state index is 12.2. The lowest BCUT2D eigenvalue weighted by Gasteiger charge is -2.11. The number of benzene rings is 2. The predicted molar refractivity (Wildman–Crippen MR) is 85.7 cm³/mol. The van der Waals surface area contributed by atoms with Crippen LogP contribution in [0.2, 0.25) is 0 Å². The molecule has 1 atom stereocenters. The van der Waals surface area contributed by atoms with E-state index in [2.05, 4.69) is 10.4 Å². The Labute approximate surface area is 128 Å².